The summed E-state index contributed by atoms with van der Waals surface area (Å²) < 4.78 is 39.9. The van der Waals surface area contributed by atoms with E-state index in [0.29, 0.717) is 0 Å². The minimum Gasteiger partial charge on any atom is -0.446 e. The molecule has 1 amide bonds. The quantitative estimate of drug-likeness (QED) is 0.812. The van der Waals surface area contributed by atoms with Gasteiger partial charge in [-0.15, -0.1) is 0 Å². The number of ether oxygens (including phenoxy) is 1. The summed E-state index contributed by atoms with van der Waals surface area (Å²) in [5, 5.41) is 1.82. The van der Waals surface area contributed by atoms with Crippen molar-refractivity contribution in [1.29, 1.82) is 0 Å². The van der Waals surface area contributed by atoms with Gasteiger partial charge in [-0.05, 0) is 32.9 Å². The van der Waals surface area contributed by atoms with E-state index in [4.69, 9.17) is 13.7 Å². The zero-order valence-electron chi connectivity index (χ0n) is 10.3. The van der Waals surface area contributed by atoms with Gasteiger partial charge in [0.05, 0.1) is 6.54 Å². The van der Waals surface area contributed by atoms with Crippen LogP contribution in [0.1, 0.15) is 26.5 Å². The van der Waals surface area contributed by atoms with Crippen LogP contribution < -0.4 is 5.32 Å². The maximum Gasteiger partial charge on any atom is 0.408 e. The molecule has 1 rings (SSSR count). The standard InChI is InChI=1S/C10H15NO6S/c1-10(2,3)17-9(12)11-6-7-4-5-8(16-7)18(13,14)15/h4-5H,6H2,1-3H3,(H,11,12)(H,13,14,15). The molecule has 0 saturated carbocycles. The number of rotatable bonds is 3. The van der Waals surface area contributed by atoms with Crippen molar-refractivity contribution in [1.82, 2.24) is 5.32 Å². The lowest BCUT2D eigenvalue weighted by Gasteiger charge is -2.19. The number of furan rings is 1. The first-order valence-corrected chi connectivity index (χ1v) is 6.55. The van der Waals surface area contributed by atoms with Crippen LogP contribution in [-0.4, -0.2) is 24.7 Å². The molecule has 2 N–H and O–H groups in total. The van der Waals surface area contributed by atoms with Crippen LogP contribution >= 0.6 is 0 Å². The molecule has 0 fully saturated rings. The maximum atomic E-state index is 11.3. The van der Waals surface area contributed by atoms with Gasteiger partial charge in [0, 0.05) is 0 Å². The van der Waals surface area contributed by atoms with Gasteiger partial charge in [0.25, 0.3) is 0 Å². The summed E-state index contributed by atoms with van der Waals surface area (Å²) in [6.07, 6.45) is -0.646. The summed E-state index contributed by atoms with van der Waals surface area (Å²) in [6.45, 7) is 5.12. The molecule has 1 aromatic heterocycles. The highest BCUT2D eigenvalue weighted by Gasteiger charge is 2.17. The lowest BCUT2D eigenvalue weighted by atomic mass is 10.2. The third kappa shape index (κ3) is 4.76. The first kappa shape index (κ1) is 14.5. The van der Waals surface area contributed by atoms with E-state index < -0.39 is 26.9 Å². The monoisotopic (exact) mass is 277 g/mol. The molecule has 0 aromatic carbocycles. The fourth-order valence-corrected chi connectivity index (χ4v) is 1.52. The highest BCUT2D eigenvalue weighted by atomic mass is 32.2. The summed E-state index contributed by atoms with van der Waals surface area (Å²) >= 11 is 0. The Morgan fingerprint density at radius 1 is 1.44 bits per heavy atom. The molecular weight excluding hydrogens is 262 g/mol. The molecule has 102 valence electrons. The Morgan fingerprint density at radius 3 is 2.50 bits per heavy atom. The third-order valence-electron chi connectivity index (χ3n) is 1.70. The molecule has 0 aliphatic rings. The average Bonchev–Trinajstić information content (AvgIpc) is 2.59. The van der Waals surface area contributed by atoms with Crippen molar-refractivity contribution in [2.75, 3.05) is 0 Å². The molecule has 0 spiro atoms. The number of carbonyl (C=O) groups is 1. The summed E-state index contributed by atoms with van der Waals surface area (Å²) in [5.41, 5.74) is -0.618. The predicted octanol–water partition coefficient (Wildman–Crippen LogP) is 1.55. The van der Waals surface area contributed by atoms with E-state index in [-0.39, 0.29) is 12.3 Å². The topological polar surface area (TPSA) is 106 Å². The van der Waals surface area contributed by atoms with Gasteiger partial charge in [0.2, 0.25) is 5.09 Å². The molecular formula is C10H15NO6S. The highest BCUT2D eigenvalue weighted by Crippen LogP contribution is 2.13. The van der Waals surface area contributed by atoms with E-state index in [1.54, 1.807) is 20.8 Å². The minimum atomic E-state index is -4.36. The Hall–Kier alpha value is -1.54. The summed E-state index contributed by atoms with van der Waals surface area (Å²) in [5.74, 6) is 0.188. The smallest absolute Gasteiger partial charge is 0.408 e. The Kier molecular flexibility index (Phi) is 4.02. The number of carbonyl (C=O) groups excluding carboxylic acids is 1. The van der Waals surface area contributed by atoms with Gasteiger partial charge in [-0.1, -0.05) is 0 Å². The van der Waals surface area contributed by atoms with Crippen LogP contribution in [0.15, 0.2) is 21.6 Å². The predicted molar refractivity (Wildman–Crippen MR) is 61.6 cm³/mol. The van der Waals surface area contributed by atoms with E-state index in [1.807, 2.05) is 0 Å². The fourth-order valence-electron chi connectivity index (χ4n) is 1.07. The van der Waals surface area contributed by atoms with Gasteiger partial charge in [-0.3, -0.25) is 4.55 Å². The molecule has 0 unspecified atom stereocenters. The van der Waals surface area contributed by atoms with Crippen molar-refractivity contribution in [2.45, 2.75) is 38.0 Å². The van der Waals surface area contributed by atoms with Crippen molar-refractivity contribution in [3.8, 4) is 0 Å². The molecule has 0 radical (unpaired) electrons. The van der Waals surface area contributed by atoms with Crippen LogP contribution in [0.3, 0.4) is 0 Å². The number of amides is 1. The second-order valence-corrected chi connectivity index (χ2v) is 5.90. The Balaban J connectivity index is 2.55. The summed E-state index contributed by atoms with van der Waals surface area (Å²) in [4.78, 5) is 11.3. The van der Waals surface area contributed by atoms with Crippen molar-refractivity contribution < 1.29 is 26.9 Å². The van der Waals surface area contributed by atoms with E-state index in [2.05, 4.69) is 5.32 Å². The van der Waals surface area contributed by atoms with Gasteiger partial charge in [0.1, 0.15) is 11.4 Å². The second kappa shape index (κ2) is 4.99. The fraction of sp³-hybridized carbons (Fsp3) is 0.500. The van der Waals surface area contributed by atoms with Crippen molar-refractivity contribution >= 4 is 16.2 Å². The molecule has 0 saturated heterocycles. The Labute approximate surface area is 105 Å². The van der Waals surface area contributed by atoms with Crippen molar-refractivity contribution in [3.63, 3.8) is 0 Å². The highest BCUT2D eigenvalue weighted by molar-refractivity contribution is 7.85. The second-order valence-electron chi connectivity index (χ2n) is 4.55. The maximum absolute atomic E-state index is 11.3. The molecule has 0 aliphatic heterocycles. The van der Waals surface area contributed by atoms with Crippen LogP contribution in [0.2, 0.25) is 0 Å². The van der Waals surface area contributed by atoms with E-state index in [0.717, 1.165) is 6.07 Å². The normalized spacial score (nSPS) is 12.2. The SMILES string of the molecule is CC(C)(C)OC(=O)NCc1ccc(S(=O)(=O)O)o1. The van der Waals surface area contributed by atoms with Crippen LogP contribution in [0.5, 0.6) is 0 Å². The molecule has 7 nitrogen and oxygen atoms in total. The number of hydrogen-bond acceptors (Lipinski definition) is 5. The largest absolute Gasteiger partial charge is 0.446 e. The lowest BCUT2D eigenvalue weighted by molar-refractivity contribution is 0.0519. The molecule has 1 aromatic rings. The minimum absolute atomic E-state index is 0.0373. The first-order valence-electron chi connectivity index (χ1n) is 5.11. The summed E-state index contributed by atoms with van der Waals surface area (Å²) in [7, 11) is -4.36. The Morgan fingerprint density at radius 2 is 2.06 bits per heavy atom. The van der Waals surface area contributed by atoms with Crippen molar-refractivity contribution in [3.05, 3.63) is 17.9 Å². The lowest BCUT2D eigenvalue weighted by Crippen LogP contribution is -2.32. The molecule has 0 aliphatic carbocycles. The number of hydrogen-bond donors (Lipinski definition) is 2. The van der Waals surface area contributed by atoms with Gasteiger partial charge in [-0.2, -0.15) is 8.42 Å². The van der Waals surface area contributed by atoms with Crippen LogP contribution in [0.4, 0.5) is 4.79 Å². The first-order chi connectivity index (χ1) is 8.08. The van der Waals surface area contributed by atoms with E-state index in [9.17, 15) is 13.2 Å². The number of alkyl carbamates (subject to hydrolysis) is 1. The van der Waals surface area contributed by atoms with Crippen LogP contribution in [0, 0.1) is 0 Å². The third-order valence-corrected chi connectivity index (χ3v) is 2.42. The van der Waals surface area contributed by atoms with Gasteiger partial charge >= 0.3 is 16.2 Å². The van der Waals surface area contributed by atoms with Gasteiger partial charge in [-0.25, -0.2) is 4.79 Å². The molecule has 18 heavy (non-hydrogen) atoms. The van der Waals surface area contributed by atoms with Crippen molar-refractivity contribution in [2.24, 2.45) is 0 Å². The molecule has 0 bridgehead atoms. The Bertz CT molecular complexity index is 525. The van der Waals surface area contributed by atoms with E-state index >= 15 is 0 Å². The van der Waals surface area contributed by atoms with Gasteiger partial charge < -0.3 is 14.5 Å². The summed E-state index contributed by atoms with van der Waals surface area (Å²) in [6, 6.07) is 2.43. The zero-order valence-corrected chi connectivity index (χ0v) is 11.1. The molecule has 8 heteroatoms. The van der Waals surface area contributed by atoms with Crippen LogP contribution in [0.25, 0.3) is 0 Å². The zero-order chi connectivity index (χ0) is 14.0. The van der Waals surface area contributed by atoms with Crippen LogP contribution in [-0.2, 0) is 21.4 Å². The van der Waals surface area contributed by atoms with E-state index in [1.165, 1.54) is 6.07 Å². The average molecular weight is 277 g/mol. The molecule has 1 heterocycles. The van der Waals surface area contributed by atoms with Gasteiger partial charge in [0.15, 0.2) is 0 Å². The molecule has 0 atom stereocenters. The number of nitrogens with one attached hydrogen (secondary N) is 1.